The van der Waals surface area contributed by atoms with Crippen LogP contribution in [0.5, 0.6) is 0 Å². The third kappa shape index (κ3) is 3.78. The van der Waals surface area contributed by atoms with E-state index in [1.165, 1.54) is 13.2 Å². The Balaban J connectivity index is 1.57. The van der Waals surface area contributed by atoms with E-state index in [1.54, 1.807) is 6.08 Å². The van der Waals surface area contributed by atoms with Gasteiger partial charge in [-0.2, -0.15) is 0 Å². The summed E-state index contributed by atoms with van der Waals surface area (Å²) in [7, 11) is 1.17. The Hall–Kier alpha value is -2.26. The van der Waals surface area contributed by atoms with Gasteiger partial charge in [-0.05, 0) is 11.6 Å². The first-order valence-electron chi connectivity index (χ1n) is 8.16. The van der Waals surface area contributed by atoms with E-state index < -0.39 is 48.6 Å². The molecule has 26 heavy (non-hydrogen) atoms. The first-order chi connectivity index (χ1) is 12.5. The third-order valence-electron chi connectivity index (χ3n) is 4.40. The molecule has 8 nitrogen and oxygen atoms in total. The first-order valence-corrected chi connectivity index (χ1v) is 8.16. The van der Waals surface area contributed by atoms with Crippen LogP contribution in [0.4, 0.5) is 0 Å². The molecule has 0 spiro atoms. The van der Waals surface area contributed by atoms with Gasteiger partial charge in [-0.15, -0.1) is 0 Å². The van der Waals surface area contributed by atoms with Crippen LogP contribution in [0.2, 0.25) is 0 Å². The molecular weight excluding hydrogens is 344 g/mol. The van der Waals surface area contributed by atoms with Crippen molar-refractivity contribution in [3.8, 4) is 0 Å². The lowest BCUT2D eigenvalue weighted by Gasteiger charge is -2.33. The second-order valence-electron chi connectivity index (χ2n) is 6.04. The van der Waals surface area contributed by atoms with Crippen LogP contribution in [0.25, 0.3) is 6.08 Å². The van der Waals surface area contributed by atoms with Crippen LogP contribution in [-0.4, -0.2) is 66.6 Å². The summed E-state index contributed by atoms with van der Waals surface area (Å²) in [5.41, 5.74) is 0.847. The smallest absolute Gasteiger partial charge is 0.330 e. The van der Waals surface area contributed by atoms with Gasteiger partial charge in [-0.25, -0.2) is 4.79 Å². The zero-order valence-corrected chi connectivity index (χ0v) is 14.1. The quantitative estimate of drug-likeness (QED) is 0.549. The maximum atomic E-state index is 11.8. The van der Waals surface area contributed by atoms with Gasteiger partial charge < -0.3 is 29.2 Å². The molecule has 6 atom stereocenters. The van der Waals surface area contributed by atoms with Crippen molar-refractivity contribution in [1.29, 1.82) is 0 Å². The Morgan fingerprint density at radius 2 is 1.88 bits per heavy atom. The van der Waals surface area contributed by atoms with Gasteiger partial charge in [0.15, 0.2) is 6.29 Å². The van der Waals surface area contributed by atoms with Crippen molar-refractivity contribution >= 4 is 18.0 Å². The standard InChI is InChI=1S/C18H20O8/c1-23-17(21)13-16-14(20)15(26-18(13)22)11(25-16)9-24-12(19)8-7-10-5-3-2-4-6-10/h2-8,11,13-16,18,20,22H,9H2,1H3/b8-7-. The lowest BCUT2D eigenvalue weighted by atomic mass is 9.92. The topological polar surface area (TPSA) is 112 Å². The molecule has 2 fully saturated rings. The molecule has 0 radical (unpaired) electrons. The number of ether oxygens (including phenoxy) is 4. The van der Waals surface area contributed by atoms with Crippen molar-refractivity contribution in [2.24, 2.45) is 5.92 Å². The molecule has 2 N–H and O–H groups in total. The zero-order valence-electron chi connectivity index (χ0n) is 14.1. The van der Waals surface area contributed by atoms with Crippen LogP contribution in [0.15, 0.2) is 36.4 Å². The van der Waals surface area contributed by atoms with Gasteiger partial charge in [0.2, 0.25) is 0 Å². The Bertz CT molecular complexity index is 673. The molecule has 2 saturated heterocycles. The number of fused-ring (bicyclic) bond motifs is 2. The molecule has 2 heterocycles. The summed E-state index contributed by atoms with van der Waals surface area (Å²) < 4.78 is 20.6. The fourth-order valence-corrected chi connectivity index (χ4v) is 3.10. The molecule has 0 aromatic heterocycles. The fourth-order valence-electron chi connectivity index (χ4n) is 3.10. The van der Waals surface area contributed by atoms with Crippen molar-refractivity contribution in [2.45, 2.75) is 30.7 Å². The molecule has 140 valence electrons. The molecule has 8 heteroatoms. The summed E-state index contributed by atoms with van der Waals surface area (Å²) in [6.07, 6.45) is -2.39. The molecule has 2 aliphatic rings. The van der Waals surface area contributed by atoms with Crippen molar-refractivity contribution in [3.63, 3.8) is 0 Å². The van der Waals surface area contributed by atoms with Crippen molar-refractivity contribution in [2.75, 3.05) is 13.7 Å². The van der Waals surface area contributed by atoms with E-state index >= 15 is 0 Å². The molecule has 2 bridgehead atoms. The monoisotopic (exact) mass is 364 g/mol. The summed E-state index contributed by atoms with van der Waals surface area (Å²) in [6, 6.07) is 9.24. The third-order valence-corrected chi connectivity index (χ3v) is 4.40. The van der Waals surface area contributed by atoms with Crippen molar-refractivity contribution in [3.05, 3.63) is 42.0 Å². The van der Waals surface area contributed by atoms with E-state index in [0.717, 1.165) is 5.56 Å². The summed E-state index contributed by atoms with van der Waals surface area (Å²) >= 11 is 0. The van der Waals surface area contributed by atoms with Gasteiger partial charge in [0.1, 0.15) is 36.9 Å². The second-order valence-corrected chi connectivity index (χ2v) is 6.04. The lowest BCUT2D eigenvalue weighted by molar-refractivity contribution is -0.228. The van der Waals surface area contributed by atoms with E-state index in [1.807, 2.05) is 30.3 Å². The predicted octanol–water partition coefficient (Wildman–Crippen LogP) is -0.122. The maximum Gasteiger partial charge on any atom is 0.330 e. The van der Waals surface area contributed by atoms with Crippen LogP contribution in [0.3, 0.4) is 0 Å². The molecule has 0 amide bonds. The number of hydrogen-bond donors (Lipinski definition) is 2. The van der Waals surface area contributed by atoms with Crippen molar-refractivity contribution in [1.82, 2.24) is 0 Å². The van der Waals surface area contributed by atoms with Gasteiger partial charge in [0.05, 0.1) is 7.11 Å². The minimum Gasteiger partial charge on any atom is -0.469 e. The number of benzene rings is 1. The molecule has 3 rings (SSSR count). The van der Waals surface area contributed by atoms with Crippen molar-refractivity contribution < 1.29 is 38.7 Å². The zero-order chi connectivity index (χ0) is 18.7. The van der Waals surface area contributed by atoms with Crippen LogP contribution in [-0.2, 0) is 28.5 Å². The molecule has 1 aromatic rings. The van der Waals surface area contributed by atoms with Gasteiger partial charge in [0, 0.05) is 6.08 Å². The van der Waals surface area contributed by atoms with Gasteiger partial charge in [-0.3, -0.25) is 4.79 Å². The number of carbonyl (C=O) groups is 2. The Morgan fingerprint density at radius 1 is 1.15 bits per heavy atom. The number of aliphatic hydroxyl groups excluding tert-OH is 2. The van der Waals surface area contributed by atoms with E-state index in [-0.39, 0.29) is 6.61 Å². The number of carbonyl (C=O) groups excluding carboxylic acids is 2. The summed E-state index contributed by atoms with van der Waals surface area (Å²) in [4.78, 5) is 23.6. The highest BCUT2D eigenvalue weighted by Gasteiger charge is 2.58. The number of aliphatic hydroxyl groups is 2. The first kappa shape index (κ1) is 18.5. The highest BCUT2D eigenvalue weighted by molar-refractivity contribution is 5.87. The Kier molecular flexibility index (Phi) is 5.67. The van der Waals surface area contributed by atoms with E-state index in [9.17, 15) is 19.8 Å². The molecule has 0 aliphatic carbocycles. The van der Waals surface area contributed by atoms with Gasteiger partial charge in [0.25, 0.3) is 0 Å². The predicted molar refractivity (Wildman–Crippen MR) is 87.5 cm³/mol. The van der Waals surface area contributed by atoms with Crippen LogP contribution < -0.4 is 0 Å². The Labute approximate surface area is 149 Å². The summed E-state index contributed by atoms with van der Waals surface area (Å²) in [5.74, 6) is -2.49. The average Bonchev–Trinajstić information content (AvgIpc) is 2.85. The van der Waals surface area contributed by atoms with E-state index in [4.69, 9.17) is 14.2 Å². The molecular formula is C18H20O8. The molecule has 1 aromatic carbocycles. The summed E-state index contributed by atoms with van der Waals surface area (Å²) in [5, 5.41) is 20.1. The number of hydrogen-bond acceptors (Lipinski definition) is 8. The molecule has 6 unspecified atom stereocenters. The van der Waals surface area contributed by atoms with Gasteiger partial charge >= 0.3 is 11.9 Å². The van der Waals surface area contributed by atoms with Crippen LogP contribution in [0, 0.1) is 5.92 Å². The summed E-state index contributed by atoms with van der Waals surface area (Å²) in [6.45, 7) is -0.184. The maximum absolute atomic E-state index is 11.8. The highest BCUT2D eigenvalue weighted by atomic mass is 16.7. The SMILES string of the molecule is COC(=O)C1C(O)OC2C(COC(=O)/C=C\c3ccccc3)OC1C2O. The fraction of sp³-hybridized carbons (Fsp3) is 0.444. The number of rotatable bonds is 5. The van der Waals surface area contributed by atoms with Gasteiger partial charge in [-0.1, -0.05) is 30.3 Å². The molecule has 0 saturated carbocycles. The van der Waals surface area contributed by atoms with Crippen LogP contribution >= 0.6 is 0 Å². The second kappa shape index (κ2) is 7.96. The lowest BCUT2D eigenvalue weighted by Crippen LogP contribution is -2.53. The molecule has 2 aliphatic heterocycles. The minimum absolute atomic E-state index is 0.184. The number of esters is 2. The van der Waals surface area contributed by atoms with E-state index in [0.29, 0.717) is 0 Å². The Morgan fingerprint density at radius 3 is 2.58 bits per heavy atom. The largest absolute Gasteiger partial charge is 0.469 e. The minimum atomic E-state index is -1.46. The average molecular weight is 364 g/mol. The normalized spacial score (nSPS) is 33.2. The highest BCUT2D eigenvalue weighted by Crippen LogP contribution is 2.37. The number of methoxy groups -OCH3 is 1. The van der Waals surface area contributed by atoms with Crippen LogP contribution in [0.1, 0.15) is 5.56 Å². The van der Waals surface area contributed by atoms with E-state index in [2.05, 4.69) is 4.74 Å².